The van der Waals surface area contributed by atoms with Crippen LogP contribution in [0.2, 0.25) is 0 Å². The van der Waals surface area contributed by atoms with Crippen LogP contribution in [0.25, 0.3) is 0 Å². The minimum atomic E-state index is -0.919. The van der Waals surface area contributed by atoms with E-state index in [0.29, 0.717) is 12.6 Å². The van der Waals surface area contributed by atoms with Gasteiger partial charge in [0.1, 0.15) is 5.56 Å². The molecule has 0 atom stereocenters. The topological polar surface area (TPSA) is 98.3 Å². The summed E-state index contributed by atoms with van der Waals surface area (Å²) in [6.07, 6.45) is 1.89. The van der Waals surface area contributed by atoms with Crippen molar-refractivity contribution in [3.8, 4) is 0 Å². The molecule has 0 unspecified atom stereocenters. The van der Waals surface area contributed by atoms with E-state index >= 15 is 0 Å². The first kappa shape index (κ1) is 16.2. The van der Waals surface area contributed by atoms with Crippen LogP contribution in [0.3, 0.4) is 0 Å². The van der Waals surface area contributed by atoms with Gasteiger partial charge >= 0.3 is 0 Å². The number of nitro groups is 1. The molecular weight excluding hydrogens is 285 g/mol. The van der Waals surface area contributed by atoms with E-state index < -0.39 is 22.3 Å². The summed E-state index contributed by atoms with van der Waals surface area (Å²) in [5.74, 6) is -1.57. The molecule has 0 saturated carbocycles. The molecule has 6 nitrogen and oxygen atoms in total. The number of rotatable bonds is 5. The lowest BCUT2D eigenvalue weighted by Crippen LogP contribution is -2.36. The van der Waals surface area contributed by atoms with Gasteiger partial charge < -0.3 is 11.1 Å². The first-order valence-corrected chi connectivity index (χ1v) is 6.97. The number of hydrogen-bond acceptors (Lipinski definition) is 5. The minimum absolute atomic E-state index is 0.212. The molecule has 20 heavy (non-hydrogen) atoms. The van der Waals surface area contributed by atoms with Crippen molar-refractivity contribution in [2.45, 2.75) is 18.6 Å². The predicted molar refractivity (Wildman–Crippen MR) is 77.4 cm³/mol. The van der Waals surface area contributed by atoms with E-state index in [1.54, 1.807) is 11.8 Å². The van der Waals surface area contributed by atoms with Crippen molar-refractivity contribution in [2.24, 2.45) is 0 Å². The fourth-order valence-corrected chi connectivity index (χ4v) is 1.59. The van der Waals surface area contributed by atoms with Crippen LogP contribution in [-0.2, 0) is 0 Å². The zero-order chi connectivity index (χ0) is 15.5. The number of hydrogen-bond donors (Lipinski definition) is 2. The third-order valence-corrected chi connectivity index (χ3v) is 4.03. The summed E-state index contributed by atoms with van der Waals surface area (Å²) in [5, 5.41) is 13.5. The van der Waals surface area contributed by atoms with E-state index in [4.69, 9.17) is 5.73 Å². The number of amides is 1. The van der Waals surface area contributed by atoms with Gasteiger partial charge in [0.05, 0.1) is 16.7 Å². The largest absolute Gasteiger partial charge is 0.396 e. The Morgan fingerprint density at radius 1 is 1.55 bits per heavy atom. The Morgan fingerprint density at radius 2 is 2.15 bits per heavy atom. The summed E-state index contributed by atoms with van der Waals surface area (Å²) in [7, 11) is 0. The summed E-state index contributed by atoms with van der Waals surface area (Å²) < 4.78 is 13.0. The van der Waals surface area contributed by atoms with Gasteiger partial charge in [-0.3, -0.25) is 14.9 Å². The first-order chi connectivity index (χ1) is 9.18. The molecule has 0 saturated heterocycles. The van der Waals surface area contributed by atoms with E-state index in [-0.39, 0.29) is 16.0 Å². The summed E-state index contributed by atoms with van der Waals surface area (Å²) >= 11 is 1.55. The molecule has 1 amide bonds. The summed E-state index contributed by atoms with van der Waals surface area (Å²) in [5.41, 5.74) is 4.21. The monoisotopic (exact) mass is 301 g/mol. The first-order valence-electron chi connectivity index (χ1n) is 5.74. The molecule has 0 heterocycles. The van der Waals surface area contributed by atoms with Crippen LogP contribution in [-0.4, -0.2) is 28.4 Å². The maximum absolute atomic E-state index is 13.2. The number of nitrogen functional groups attached to an aromatic ring is 1. The number of nitrogens with one attached hydrogen (secondary N) is 1. The Morgan fingerprint density at radius 3 is 2.65 bits per heavy atom. The Labute approximate surface area is 120 Å². The van der Waals surface area contributed by atoms with E-state index in [1.807, 2.05) is 20.1 Å². The summed E-state index contributed by atoms with van der Waals surface area (Å²) in [4.78, 5) is 22.0. The van der Waals surface area contributed by atoms with Crippen molar-refractivity contribution in [3.05, 3.63) is 33.6 Å². The number of nitrogens with zero attached hydrogens (tertiary/aromatic N) is 1. The Hall–Kier alpha value is -1.83. The minimum Gasteiger partial charge on any atom is -0.396 e. The molecule has 1 aromatic rings. The van der Waals surface area contributed by atoms with Crippen molar-refractivity contribution in [2.75, 3.05) is 18.5 Å². The van der Waals surface area contributed by atoms with Gasteiger partial charge in [-0.15, -0.1) is 0 Å². The van der Waals surface area contributed by atoms with Gasteiger partial charge in [-0.2, -0.15) is 11.8 Å². The molecule has 1 rings (SSSR count). The molecule has 8 heteroatoms. The van der Waals surface area contributed by atoms with Crippen molar-refractivity contribution < 1.29 is 14.1 Å². The maximum Gasteiger partial charge on any atom is 0.285 e. The zero-order valence-electron chi connectivity index (χ0n) is 11.4. The van der Waals surface area contributed by atoms with Gasteiger partial charge in [-0.1, -0.05) is 0 Å². The molecule has 0 bridgehead atoms. The molecule has 1 aromatic carbocycles. The molecule has 3 N–H and O–H groups in total. The lowest BCUT2D eigenvalue weighted by molar-refractivity contribution is -0.385. The number of nitro benzene ring substituents is 1. The Balaban J connectivity index is 3.04. The van der Waals surface area contributed by atoms with E-state index in [1.165, 1.54) is 0 Å². The average Bonchev–Trinajstić information content (AvgIpc) is 2.38. The standard InChI is InChI=1S/C12H16FN3O3S/c1-12(2,20-3)6-15-11(17)7-4-9(14)8(13)5-10(7)16(18)19/h4-5H,6,14H2,1-3H3,(H,15,17). The number of halogens is 1. The molecule has 0 fully saturated rings. The average molecular weight is 301 g/mol. The molecule has 0 spiro atoms. The Kier molecular flexibility index (Phi) is 4.93. The fourth-order valence-electron chi connectivity index (χ4n) is 1.37. The van der Waals surface area contributed by atoms with Crippen LogP contribution < -0.4 is 11.1 Å². The predicted octanol–water partition coefficient (Wildman–Crippen LogP) is 2.19. The highest BCUT2D eigenvalue weighted by Gasteiger charge is 2.24. The quantitative estimate of drug-likeness (QED) is 0.493. The fraction of sp³-hybridized carbons (Fsp3) is 0.417. The van der Waals surface area contributed by atoms with E-state index in [9.17, 15) is 19.3 Å². The summed E-state index contributed by atoms with van der Waals surface area (Å²) in [6.45, 7) is 4.16. The highest BCUT2D eigenvalue weighted by Crippen LogP contribution is 2.25. The zero-order valence-corrected chi connectivity index (χ0v) is 12.2. The van der Waals surface area contributed by atoms with Gasteiger partial charge in [0, 0.05) is 11.3 Å². The highest BCUT2D eigenvalue weighted by atomic mass is 32.2. The number of benzene rings is 1. The van der Waals surface area contributed by atoms with Crippen molar-refractivity contribution >= 4 is 29.0 Å². The van der Waals surface area contributed by atoms with E-state index in [2.05, 4.69) is 5.32 Å². The van der Waals surface area contributed by atoms with Crippen molar-refractivity contribution in [3.63, 3.8) is 0 Å². The molecule has 0 aliphatic heterocycles. The third kappa shape index (κ3) is 3.83. The number of carbonyl (C=O) groups is 1. The molecule has 0 aromatic heterocycles. The highest BCUT2D eigenvalue weighted by molar-refractivity contribution is 7.99. The van der Waals surface area contributed by atoms with Crippen LogP contribution in [0, 0.1) is 15.9 Å². The second kappa shape index (κ2) is 6.08. The van der Waals surface area contributed by atoms with Gasteiger partial charge in [0.15, 0.2) is 5.82 Å². The lowest BCUT2D eigenvalue weighted by Gasteiger charge is -2.22. The van der Waals surface area contributed by atoms with Crippen molar-refractivity contribution in [1.82, 2.24) is 5.32 Å². The molecule has 110 valence electrons. The van der Waals surface area contributed by atoms with Crippen LogP contribution in [0.4, 0.5) is 15.8 Å². The maximum atomic E-state index is 13.2. The van der Waals surface area contributed by atoms with Crippen LogP contribution >= 0.6 is 11.8 Å². The second-order valence-corrected chi connectivity index (χ2v) is 6.31. The third-order valence-electron chi connectivity index (χ3n) is 2.78. The second-order valence-electron chi connectivity index (χ2n) is 4.79. The number of thioether (sulfide) groups is 1. The normalized spacial score (nSPS) is 11.2. The van der Waals surface area contributed by atoms with Crippen molar-refractivity contribution in [1.29, 1.82) is 0 Å². The van der Waals surface area contributed by atoms with Gasteiger partial charge in [0.25, 0.3) is 11.6 Å². The molecule has 0 radical (unpaired) electrons. The van der Waals surface area contributed by atoms with Gasteiger partial charge in [0.2, 0.25) is 0 Å². The molecule has 0 aliphatic rings. The molecule has 0 aliphatic carbocycles. The van der Waals surface area contributed by atoms with Crippen LogP contribution in [0.5, 0.6) is 0 Å². The Bertz CT molecular complexity index is 549. The lowest BCUT2D eigenvalue weighted by atomic mass is 10.1. The molecular formula is C12H16FN3O3S. The SMILES string of the molecule is CSC(C)(C)CNC(=O)c1cc(N)c(F)cc1[N+](=O)[O-]. The summed E-state index contributed by atoms with van der Waals surface area (Å²) in [6, 6.07) is 1.64. The number of nitrogens with two attached hydrogens (primary N) is 1. The van der Waals surface area contributed by atoms with Gasteiger partial charge in [-0.05, 0) is 26.2 Å². The van der Waals surface area contributed by atoms with Crippen LogP contribution in [0.1, 0.15) is 24.2 Å². The van der Waals surface area contributed by atoms with Crippen LogP contribution in [0.15, 0.2) is 12.1 Å². The van der Waals surface area contributed by atoms with Gasteiger partial charge in [-0.25, -0.2) is 4.39 Å². The number of anilines is 1. The van der Waals surface area contributed by atoms with E-state index in [0.717, 1.165) is 6.07 Å². The smallest absolute Gasteiger partial charge is 0.285 e. The number of carbonyl (C=O) groups excluding carboxylic acids is 1.